The average Bonchev–Trinajstić information content (AvgIpc) is 2.99. The van der Waals surface area contributed by atoms with Crippen LogP contribution >= 0.6 is 22.9 Å². The lowest BCUT2D eigenvalue weighted by atomic mass is 9.95. The second-order valence-corrected chi connectivity index (χ2v) is 9.70. The number of rotatable bonds is 3. The molecule has 1 amide bonds. The zero-order valence-electron chi connectivity index (χ0n) is 16.1. The number of halogens is 1. The first-order valence-electron chi connectivity index (χ1n) is 9.02. The number of aromatic nitrogens is 2. The van der Waals surface area contributed by atoms with Crippen molar-refractivity contribution in [2.24, 2.45) is 0 Å². The number of carbonyl (C=O) groups is 1. The van der Waals surface area contributed by atoms with E-state index >= 15 is 0 Å². The highest BCUT2D eigenvalue weighted by atomic mass is 35.5. The van der Waals surface area contributed by atoms with Gasteiger partial charge in [-0.3, -0.25) is 14.5 Å². The first-order valence-corrected chi connectivity index (χ1v) is 10.2. The van der Waals surface area contributed by atoms with Gasteiger partial charge in [0.15, 0.2) is 0 Å². The quantitative estimate of drug-likeness (QED) is 0.847. The number of aromatic amines is 1. The van der Waals surface area contributed by atoms with E-state index in [1.54, 1.807) is 23.2 Å². The predicted octanol–water partition coefficient (Wildman–Crippen LogP) is 3.05. The Labute approximate surface area is 168 Å². The van der Waals surface area contributed by atoms with Crippen LogP contribution in [0.3, 0.4) is 0 Å². The number of piperazine rings is 1. The standard InChI is InChI=1S/C19H25ClN4O2S/c1-12-15(16(25)22-18(21-12)19(2,3)4)17(26)24-9-7-23(8-10-24)11-13-5-6-14(20)27-13/h5-6H,7-11H2,1-4H3,(H,21,22,25). The molecule has 27 heavy (non-hydrogen) atoms. The number of carbonyl (C=O) groups excluding carboxylic acids is 1. The molecule has 146 valence electrons. The van der Waals surface area contributed by atoms with Gasteiger partial charge < -0.3 is 9.88 Å². The third-order valence-corrected chi connectivity index (χ3v) is 5.91. The van der Waals surface area contributed by atoms with Crippen LogP contribution in [-0.4, -0.2) is 51.9 Å². The summed E-state index contributed by atoms with van der Waals surface area (Å²) in [7, 11) is 0. The molecule has 1 N–H and O–H groups in total. The van der Waals surface area contributed by atoms with Crippen molar-refractivity contribution in [1.29, 1.82) is 0 Å². The summed E-state index contributed by atoms with van der Waals surface area (Å²) < 4.78 is 0.791. The molecule has 1 aliphatic heterocycles. The fourth-order valence-corrected chi connectivity index (χ4v) is 4.25. The van der Waals surface area contributed by atoms with Crippen LogP contribution < -0.4 is 5.56 Å². The molecule has 0 radical (unpaired) electrons. The van der Waals surface area contributed by atoms with E-state index in [1.807, 2.05) is 32.9 Å². The molecule has 0 spiro atoms. The molecule has 0 bridgehead atoms. The van der Waals surface area contributed by atoms with Crippen molar-refractivity contribution in [3.05, 3.63) is 48.8 Å². The Balaban J connectivity index is 1.68. The molecule has 8 heteroatoms. The first kappa shape index (κ1) is 20.0. The third kappa shape index (κ3) is 4.59. The van der Waals surface area contributed by atoms with E-state index in [2.05, 4.69) is 14.9 Å². The van der Waals surface area contributed by atoms with Gasteiger partial charge in [0.05, 0.1) is 10.0 Å². The molecule has 2 aromatic heterocycles. The lowest BCUT2D eigenvalue weighted by Crippen LogP contribution is -2.49. The highest BCUT2D eigenvalue weighted by Crippen LogP contribution is 2.23. The summed E-state index contributed by atoms with van der Waals surface area (Å²) in [6, 6.07) is 3.94. The molecule has 1 fully saturated rings. The lowest BCUT2D eigenvalue weighted by molar-refractivity contribution is 0.0626. The van der Waals surface area contributed by atoms with Crippen molar-refractivity contribution < 1.29 is 4.79 Å². The summed E-state index contributed by atoms with van der Waals surface area (Å²) in [6.07, 6.45) is 0. The first-order chi connectivity index (χ1) is 12.6. The van der Waals surface area contributed by atoms with Gasteiger partial charge in [-0.2, -0.15) is 0 Å². The number of nitrogens with zero attached hydrogens (tertiary/aromatic N) is 3. The molecule has 0 aromatic carbocycles. The van der Waals surface area contributed by atoms with Gasteiger partial charge in [-0.1, -0.05) is 32.4 Å². The second kappa shape index (κ2) is 7.73. The van der Waals surface area contributed by atoms with Crippen molar-refractivity contribution >= 4 is 28.8 Å². The molecule has 0 unspecified atom stereocenters. The molecule has 0 aliphatic carbocycles. The molecule has 3 rings (SSSR count). The van der Waals surface area contributed by atoms with E-state index in [1.165, 1.54) is 4.88 Å². The van der Waals surface area contributed by atoms with Crippen LogP contribution in [0, 0.1) is 6.92 Å². The summed E-state index contributed by atoms with van der Waals surface area (Å²) in [5.41, 5.74) is 0.0147. The number of hydrogen-bond donors (Lipinski definition) is 1. The lowest BCUT2D eigenvalue weighted by Gasteiger charge is -2.34. The van der Waals surface area contributed by atoms with Crippen molar-refractivity contribution in [2.75, 3.05) is 26.2 Å². The van der Waals surface area contributed by atoms with Gasteiger partial charge in [-0.05, 0) is 19.1 Å². The van der Waals surface area contributed by atoms with Gasteiger partial charge in [0, 0.05) is 43.0 Å². The predicted molar refractivity (Wildman–Crippen MR) is 109 cm³/mol. The smallest absolute Gasteiger partial charge is 0.264 e. The van der Waals surface area contributed by atoms with E-state index in [0.29, 0.717) is 24.6 Å². The van der Waals surface area contributed by atoms with Gasteiger partial charge in [-0.25, -0.2) is 4.98 Å². The zero-order chi connectivity index (χ0) is 19.8. The Hall–Kier alpha value is -1.70. The largest absolute Gasteiger partial charge is 0.336 e. The van der Waals surface area contributed by atoms with Gasteiger partial charge in [0.2, 0.25) is 0 Å². The van der Waals surface area contributed by atoms with E-state index in [0.717, 1.165) is 24.0 Å². The molecule has 6 nitrogen and oxygen atoms in total. The normalized spacial score (nSPS) is 16.0. The van der Waals surface area contributed by atoms with Gasteiger partial charge in [-0.15, -0.1) is 11.3 Å². The Bertz CT molecular complexity index is 892. The van der Waals surface area contributed by atoms with Crippen molar-refractivity contribution in [3.8, 4) is 0 Å². The molecular weight excluding hydrogens is 384 g/mol. The molecule has 0 atom stereocenters. The van der Waals surface area contributed by atoms with E-state index < -0.39 is 0 Å². The van der Waals surface area contributed by atoms with Crippen LogP contribution in [-0.2, 0) is 12.0 Å². The summed E-state index contributed by atoms with van der Waals surface area (Å²) in [4.78, 5) is 37.9. The van der Waals surface area contributed by atoms with Crippen LogP contribution in [0.15, 0.2) is 16.9 Å². The molecule has 1 aliphatic rings. The topological polar surface area (TPSA) is 69.3 Å². The Morgan fingerprint density at radius 3 is 2.44 bits per heavy atom. The maximum Gasteiger partial charge on any atom is 0.264 e. The summed E-state index contributed by atoms with van der Waals surface area (Å²) >= 11 is 7.57. The van der Waals surface area contributed by atoms with E-state index in [4.69, 9.17) is 11.6 Å². The summed E-state index contributed by atoms with van der Waals surface area (Å²) in [6.45, 7) is 11.2. The minimum absolute atomic E-state index is 0.154. The van der Waals surface area contributed by atoms with Gasteiger partial charge in [0.1, 0.15) is 11.4 Å². The minimum Gasteiger partial charge on any atom is -0.336 e. The SMILES string of the molecule is Cc1nc(C(C)(C)C)[nH]c(=O)c1C(=O)N1CCN(Cc2ccc(Cl)s2)CC1. The second-order valence-electron chi connectivity index (χ2n) is 7.90. The Kier molecular flexibility index (Phi) is 5.74. The fraction of sp³-hybridized carbons (Fsp3) is 0.526. The zero-order valence-corrected chi connectivity index (χ0v) is 17.7. The van der Waals surface area contributed by atoms with Crippen molar-refractivity contribution in [2.45, 2.75) is 39.7 Å². The Morgan fingerprint density at radius 2 is 1.93 bits per heavy atom. The monoisotopic (exact) mass is 408 g/mol. The molecule has 2 aromatic rings. The highest BCUT2D eigenvalue weighted by Gasteiger charge is 2.27. The number of hydrogen-bond acceptors (Lipinski definition) is 5. The number of H-pyrrole nitrogens is 1. The van der Waals surface area contributed by atoms with Crippen LogP contribution in [0.4, 0.5) is 0 Å². The van der Waals surface area contributed by atoms with E-state index in [9.17, 15) is 9.59 Å². The Morgan fingerprint density at radius 1 is 1.26 bits per heavy atom. The number of amides is 1. The third-order valence-electron chi connectivity index (χ3n) is 4.69. The van der Waals surface area contributed by atoms with Gasteiger partial charge >= 0.3 is 0 Å². The maximum absolute atomic E-state index is 12.9. The van der Waals surface area contributed by atoms with Crippen LogP contribution in [0.2, 0.25) is 4.34 Å². The highest BCUT2D eigenvalue weighted by molar-refractivity contribution is 7.16. The van der Waals surface area contributed by atoms with Crippen molar-refractivity contribution in [1.82, 2.24) is 19.8 Å². The van der Waals surface area contributed by atoms with E-state index in [-0.39, 0.29) is 22.4 Å². The minimum atomic E-state index is -0.354. The summed E-state index contributed by atoms with van der Waals surface area (Å²) in [5, 5.41) is 0. The summed E-state index contributed by atoms with van der Waals surface area (Å²) in [5.74, 6) is 0.363. The number of aryl methyl sites for hydroxylation is 1. The number of nitrogens with one attached hydrogen (secondary N) is 1. The molecule has 1 saturated heterocycles. The van der Waals surface area contributed by atoms with Gasteiger partial charge in [0.25, 0.3) is 11.5 Å². The average molecular weight is 409 g/mol. The molecule has 0 saturated carbocycles. The van der Waals surface area contributed by atoms with Crippen LogP contribution in [0.25, 0.3) is 0 Å². The molecule has 3 heterocycles. The number of thiophene rings is 1. The maximum atomic E-state index is 12.9. The van der Waals surface area contributed by atoms with Crippen LogP contribution in [0.1, 0.15) is 47.5 Å². The fourth-order valence-electron chi connectivity index (χ4n) is 3.12. The van der Waals surface area contributed by atoms with Crippen molar-refractivity contribution in [3.63, 3.8) is 0 Å². The van der Waals surface area contributed by atoms with Crippen LogP contribution in [0.5, 0.6) is 0 Å². The molecular formula is C19H25ClN4O2S.